The molecule has 1 aliphatic heterocycles. The molecule has 0 bridgehead atoms. The highest BCUT2D eigenvalue weighted by Crippen LogP contribution is 2.16. The Morgan fingerprint density at radius 3 is 2.78 bits per heavy atom. The molecule has 1 aromatic carbocycles. The Hall–Kier alpha value is -3.19. The standard InChI is InChI=1S/C25H31N5O2/c1-19-22(30-15-7-6-12-23(30)27-19)18-28(2)24(31)17-21-25(32)26-13-16-29(21)14-8-11-20-9-4-3-5-10-20/h3-7,9-10,12,15,21H,8,11,13-14,16-18H2,1-2H3,(H,26,32)/t21-/m1/s1. The van der Waals surface area contributed by atoms with Gasteiger partial charge < -0.3 is 14.6 Å². The molecule has 4 rings (SSSR count). The van der Waals surface area contributed by atoms with Crippen molar-refractivity contribution in [3.8, 4) is 0 Å². The van der Waals surface area contributed by atoms with Gasteiger partial charge in [-0.3, -0.25) is 14.5 Å². The zero-order valence-corrected chi connectivity index (χ0v) is 18.8. The number of rotatable bonds is 8. The molecule has 1 saturated heterocycles. The van der Waals surface area contributed by atoms with Gasteiger partial charge in [-0.2, -0.15) is 0 Å². The molecule has 3 aromatic rings. The van der Waals surface area contributed by atoms with Gasteiger partial charge >= 0.3 is 0 Å². The van der Waals surface area contributed by atoms with Gasteiger partial charge in [0.05, 0.1) is 30.4 Å². The van der Waals surface area contributed by atoms with E-state index in [1.54, 1.807) is 11.9 Å². The van der Waals surface area contributed by atoms with Gasteiger partial charge in [0.1, 0.15) is 5.65 Å². The predicted molar refractivity (Wildman–Crippen MR) is 124 cm³/mol. The van der Waals surface area contributed by atoms with Gasteiger partial charge in [0.25, 0.3) is 0 Å². The van der Waals surface area contributed by atoms with E-state index in [0.29, 0.717) is 13.1 Å². The van der Waals surface area contributed by atoms with Crippen molar-refractivity contribution in [2.45, 2.75) is 38.8 Å². The van der Waals surface area contributed by atoms with Gasteiger partial charge in [-0.1, -0.05) is 36.4 Å². The monoisotopic (exact) mass is 433 g/mol. The Kier molecular flexibility index (Phi) is 6.85. The number of fused-ring (bicyclic) bond motifs is 1. The lowest BCUT2D eigenvalue weighted by molar-refractivity contribution is -0.138. The second-order valence-electron chi connectivity index (χ2n) is 8.46. The smallest absolute Gasteiger partial charge is 0.237 e. The number of hydrogen-bond donors (Lipinski definition) is 1. The Morgan fingerprint density at radius 1 is 1.19 bits per heavy atom. The number of carbonyl (C=O) groups is 2. The van der Waals surface area contributed by atoms with Crippen molar-refractivity contribution in [3.05, 3.63) is 71.7 Å². The highest BCUT2D eigenvalue weighted by molar-refractivity contribution is 5.88. The molecule has 1 atom stereocenters. The van der Waals surface area contributed by atoms with E-state index in [4.69, 9.17) is 0 Å². The second kappa shape index (κ2) is 9.96. The van der Waals surface area contributed by atoms with E-state index in [-0.39, 0.29) is 18.2 Å². The molecule has 7 heteroatoms. The Morgan fingerprint density at radius 2 is 1.97 bits per heavy atom. The fourth-order valence-electron chi connectivity index (χ4n) is 4.37. The van der Waals surface area contributed by atoms with E-state index in [2.05, 4.69) is 27.3 Å². The number of aromatic nitrogens is 2. The van der Waals surface area contributed by atoms with E-state index in [1.165, 1.54) is 5.56 Å². The molecule has 32 heavy (non-hydrogen) atoms. The summed E-state index contributed by atoms with van der Waals surface area (Å²) < 4.78 is 2.02. The first kappa shape index (κ1) is 22.0. The molecule has 0 saturated carbocycles. The van der Waals surface area contributed by atoms with Crippen LogP contribution in [0.25, 0.3) is 5.65 Å². The number of benzene rings is 1. The maximum Gasteiger partial charge on any atom is 0.237 e. The Bertz CT molecular complexity index is 1080. The van der Waals surface area contributed by atoms with E-state index < -0.39 is 6.04 Å². The summed E-state index contributed by atoms with van der Waals surface area (Å²) in [4.78, 5) is 34.1. The molecule has 0 radical (unpaired) electrons. The lowest BCUT2D eigenvalue weighted by Crippen LogP contribution is -2.56. The van der Waals surface area contributed by atoms with E-state index in [9.17, 15) is 9.59 Å². The largest absolute Gasteiger partial charge is 0.353 e. The normalized spacial score (nSPS) is 16.8. The zero-order valence-electron chi connectivity index (χ0n) is 18.8. The van der Waals surface area contributed by atoms with Crippen LogP contribution in [-0.4, -0.2) is 63.7 Å². The summed E-state index contributed by atoms with van der Waals surface area (Å²) in [7, 11) is 1.80. The van der Waals surface area contributed by atoms with Crippen LogP contribution in [0.15, 0.2) is 54.7 Å². The minimum Gasteiger partial charge on any atom is -0.353 e. The first-order valence-corrected chi connectivity index (χ1v) is 11.2. The number of nitrogens with zero attached hydrogens (tertiary/aromatic N) is 4. The number of imidazole rings is 1. The molecule has 0 aliphatic carbocycles. The van der Waals surface area contributed by atoms with Crippen LogP contribution in [0.5, 0.6) is 0 Å². The van der Waals surface area contributed by atoms with Gasteiger partial charge in [-0.25, -0.2) is 4.98 Å². The van der Waals surface area contributed by atoms with Crippen LogP contribution in [0.1, 0.15) is 29.8 Å². The van der Waals surface area contributed by atoms with Crippen molar-refractivity contribution < 1.29 is 9.59 Å². The minimum atomic E-state index is -0.419. The zero-order chi connectivity index (χ0) is 22.5. The first-order valence-electron chi connectivity index (χ1n) is 11.2. The average Bonchev–Trinajstić information content (AvgIpc) is 3.11. The molecule has 0 spiro atoms. The van der Waals surface area contributed by atoms with Gasteiger partial charge in [0, 0.05) is 26.3 Å². The Labute approximate surface area is 189 Å². The van der Waals surface area contributed by atoms with Crippen molar-refractivity contribution >= 4 is 17.5 Å². The molecule has 1 aliphatic rings. The van der Waals surface area contributed by atoms with E-state index in [1.807, 2.05) is 53.9 Å². The van der Waals surface area contributed by atoms with Crippen LogP contribution in [0.2, 0.25) is 0 Å². The third-order valence-corrected chi connectivity index (χ3v) is 6.20. The van der Waals surface area contributed by atoms with E-state index >= 15 is 0 Å². The number of piperazine rings is 1. The summed E-state index contributed by atoms with van der Waals surface area (Å²) in [5.74, 6) is -0.0888. The summed E-state index contributed by atoms with van der Waals surface area (Å²) in [6, 6.07) is 15.8. The topological polar surface area (TPSA) is 69.9 Å². The molecule has 1 fully saturated rings. The number of aryl methyl sites for hydroxylation is 2. The van der Waals surface area contributed by atoms with Crippen molar-refractivity contribution in [2.75, 3.05) is 26.7 Å². The maximum absolute atomic E-state index is 13.1. The lowest BCUT2D eigenvalue weighted by Gasteiger charge is -2.35. The van der Waals surface area contributed by atoms with Gasteiger partial charge in [-0.05, 0) is 44.0 Å². The summed E-state index contributed by atoms with van der Waals surface area (Å²) in [5.41, 5.74) is 4.07. The SMILES string of the molecule is Cc1nc2ccccn2c1CN(C)C(=O)C[C@@H]1C(=O)NCCN1CCCc1ccccc1. The molecule has 2 amide bonds. The third-order valence-electron chi connectivity index (χ3n) is 6.20. The first-order chi connectivity index (χ1) is 15.5. The van der Waals surface area contributed by atoms with Crippen molar-refractivity contribution in [3.63, 3.8) is 0 Å². The molecule has 0 unspecified atom stereocenters. The average molecular weight is 434 g/mol. The van der Waals surface area contributed by atoms with Crippen LogP contribution in [0.4, 0.5) is 0 Å². The van der Waals surface area contributed by atoms with Crippen molar-refractivity contribution in [1.29, 1.82) is 0 Å². The Balaban J connectivity index is 1.37. The van der Waals surface area contributed by atoms with Crippen molar-refractivity contribution in [1.82, 2.24) is 24.5 Å². The molecule has 2 aromatic heterocycles. The fourth-order valence-corrected chi connectivity index (χ4v) is 4.37. The van der Waals surface area contributed by atoms with Crippen LogP contribution in [-0.2, 0) is 22.6 Å². The molecule has 3 heterocycles. The van der Waals surface area contributed by atoms with E-state index in [0.717, 1.165) is 43.0 Å². The molecule has 1 N–H and O–H groups in total. The molecule has 168 valence electrons. The highest BCUT2D eigenvalue weighted by atomic mass is 16.2. The number of hydrogen-bond acceptors (Lipinski definition) is 4. The number of pyridine rings is 1. The summed E-state index contributed by atoms with van der Waals surface area (Å²) in [6.07, 6.45) is 4.07. The molecule has 7 nitrogen and oxygen atoms in total. The maximum atomic E-state index is 13.1. The highest BCUT2D eigenvalue weighted by Gasteiger charge is 2.32. The lowest BCUT2D eigenvalue weighted by atomic mass is 10.1. The molecular weight excluding hydrogens is 402 g/mol. The third kappa shape index (κ3) is 4.99. The second-order valence-corrected chi connectivity index (χ2v) is 8.46. The van der Waals surface area contributed by atoms with Crippen LogP contribution in [0.3, 0.4) is 0 Å². The molecular formula is C25H31N5O2. The number of amides is 2. The van der Waals surface area contributed by atoms with Gasteiger partial charge in [-0.15, -0.1) is 0 Å². The minimum absolute atomic E-state index is 0.0367. The quantitative estimate of drug-likeness (QED) is 0.592. The fraction of sp³-hybridized carbons (Fsp3) is 0.400. The van der Waals surface area contributed by atoms with Crippen LogP contribution >= 0.6 is 0 Å². The van der Waals surface area contributed by atoms with Crippen molar-refractivity contribution in [2.24, 2.45) is 0 Å². The summed E-state index contributed by atoms with van der Waals surface area (Å²) in [5, 5.41) is 2.93. The predicted octanol–water partition coefficient (Wildman–Crippen LogP) is 2.42. The summed E-state index contributed by atoms with van der Waals surface area (Å²) >= 11 is 0. The number of carbonyl (C=O) groups excluding carboxylic acids is 2. The van der Waals surface area contributed by atoms with Crippen LogP contribution in [0, 0.1) is 6.92 Å². The van der Waals surface area contributed by atoms with Gasteiger partial charge in [0.15, 0.2) is 0 Å². The van der Waals surface area contributed by atoms with Gasteiger partial charge in [0.2, 0.25) is 11.8 Å². The van der Waals surface area contributed by atoms with Crippen LogP contribution < -0.4 is 5.32 Å². The summed E-state index contributed by atoms with van der Waals surface area (Å²) in [6.45, 7) is 4.62. The number of nitrogens with one attached hydrogen (secondary N) is 1.